The highest BCUT2D eigenvalue weighted by Gasteiger charge is 2.16. The van der Waals surface area contributed by atoms with Crippen LogP contribution in [-0.2, 0) is 25.7 Å². The average molecular weight is 406 g/mol. The molecule has 3 N–H and O–H groups in total. The van der Waals surface area contributed by atoms with Crippen molar-refractivity contribution in [3.63, 3.8) is 0 Å². The molecule has 1 aromatic carbocycles. The highest BCUT2D eigenvalue weighted by molar-refractivity contribution is 7.14. The molecule has 2 heterocycles. The lowest BCUT2D eigenvalue weighted by molar-refractivity contribution is -0.142. The lowest BCUT2D eigenvalue weighted by atomic mass is 10.1. The SMILES string of the molecule is NC(=O)c1ccsc1NC(=O)COC(=O)C=Cc1cc(F)cc2c1OCOC2. The number of amides is 2. The zero-order valence-electron chi connectivity index (χ0n) is 14.4. The molecule has 0 bridgehead atoms. The number of primary amides is 1. The Labute approximate surface area is 162 Å². The first kappa shape index (κ1) is 19.5. The minimum atomic E-state index is -0.804. The molecule has 0 aliphatic carbocycles. The Morgan fingerprint density at radius 3 is 2.96 bits per heavy atom. The van der Waals surface area contributed by atoms with Crippen molar-refractivity contribution in [2.45, 2.75) is 6.61 Å². The van der Waals surface area contributed by atoms with Crippen LogP contribution < -0.4 is 15.8 Å². The molecule has 3 rings (SSSR count). The zero-order chi connectivity index (χ0) is 20.1. The first-order valence-corrected chi connectivity index (χ1v) is 8.87. The number of ether oxygens (including phenoxy) is 3. The minimum Gasteiger partial charge on any atom is -0.467 e. The maximum atomic E-state index is 13.7. The van der Waals surface area contributed by atoms with Gasteiger partial charge in [0, 0.05) is 17.2 Å². The molecule has 1 aliphatic heterocycles. The summed E-state index contributed by atoms with van der Waals surface area (Å²) in [4.78, 5) is 34.9. The largest absolute Gasteiger partial charge is 0.467 e. The van der Waals surface area contributed by atoms with E-state index in [-0.39, 0.29) is 24.0 Å². The normalized spacial score (nSPS) is 12.9. The fourth-order valence-corrected chi connectivity index (χ4v) is 3.25. The van der Waals surface area contributed by atoms with E-state index >= 15 is 0 Å². The highest BCUT2D eigenvalue weighted by atomic mass is 32.1. The number of benzene rings is 1. The van der Waals surface area contributed by atoms with Crippen LogP contribution in [0.4, 0.5) is 9.39 Å². The number of esters is 1. The van der Waals surface area contributed by atoms with Gasteiger partial charge in [0.1, 0.15) is 16.6 Å². The van der Waals surface area contributed by atoms with E-state index in [2.05, 4.69) is 5.32 Å². The van der Waals surface area contributed by atoms with Crippen LogP contribution in [0.15, 0.2) is 29.7 Å². The number of thiophene rings is 1. The van der Waals surface area contributed by atoms with E-state index in [1.54, 1.807) is 5.38 Å². The minimum absolute atomic E-state index is 0.0279. The van der Waals surface area contributed by atoms with Crippen LogP contribution in [-0.4, -0.2) is 31.2 Å². The third-order valence-corrected chi connectivity index (χ3v) is 4.46. The smallest absolute Gasteiger partial charge is 0.331 e. The number of fused-ring (bicyclic) bond motifs is 1. The van der Waals surface area contributed by atoms with Crippen LogP contribution in [0, 0.1) is 5.82 Å². The van der Waals surface area contributed by atoms with Gasteiger partial charge >= 0.3 is 5.97 Å². The monoisotopic (exact) mass is 406 g/mol. The molecule has 0 spiro atoms. The lowest BCUT2D eigenvalue weighted by Gasteiger charge is -2.19. The standard InChI is InChI=1S/C18H15FN2O6S/c19-12-5-10(16-11(6-12)7-25-9-27-16)1-2-15(23)26-8-14(22)21-18-13(17(20)24)3-4-28-18/h1-6H,7-9H2,(H2,20,24)(H,21,22). The van der Waals surface area contributed by atoms with Crippen LogP contribution in [0.2, 0.25) is 0 Å². The number of carbonyl (C=O) groups is 3. The first-order valence-electron chi connectivity index (χ1n) is 7.99. The molecule has 0 fully saturated rings. The molecular formula is C18H15FN2O6S. The Morgan fingerprint density at radius 1 is 1.36 bits per heavy atom. The van der Waals surface area contributed by atoms with E-state index in [0.717, 1.165) is 17.4 Å². The van der Waals surface area contributed by atoms with Gasteiger partial charge < -0.3 is 25.3 Å². The summed E-state index contributed by atoms with van der Waals surface area (Å²) in [6.07, 6.45) is 2.39. The maximum absolute atomic E-state index is 13.7. The third kappa shape index (κ3) is 4.72. The van der Waals surface area contributed by atoms with E-state index in [1.165, 1.54) is 24.3 Å². The molecule has 28 heavy (non-hydrogen) atoms. The second-order valence-electron chi connectivity index (χ2n) is 5.61. The Bertz CT molecular complexity index is 956. The molecule has 2 aromatic rings. The van der Waals surface area contributed by atoms with Gasteiger partial charge in [0.15, 0.2) is 13.4 Å². The summed E-state index contributed by atoms with van der Waals surface area (Å²) in [5, 5.41) is 4.31. The Morgan fingerprint density at radius 2 is 2.18 bits per heavy atom. The third-order valence-electron chi connectivity index (χ3n) is 3.63. The van der Waals surface area contributed by atoms with Crippen molar-refractivity contribution in [1.82, 2.24) is 0 Å². The number of halogens is 1. The van der Waals surface area contributed by atoms with E-state index in [4.69, 9.17) is 19.9 Å². The summed E-state index contributed by atoms with van der Waals surface area (Å²) in [6.45, 7) is -0.334. The summed E-state index contributed by atoms with van der Waals surface area (Å²) in [5.41, 5.74) is 6.24. The number of hydrogen-bond donors (Lipinski definition) is 2. The molecule has 0 saturated carbocycles. The molecule has 0 unspecified atom stereocenters. The van der Waals surface area contributed by atoms with Gasteiger partial charge in [-0.3, -0.25) is 9.59 Å². The van der Waals surface area contributed by atoms with Crippen LogP contribution in [0.3, 0.4) is 0 Å². The fourth-order valence-electron chi connectivity index (χ4n) is 2.44. The number of carbonyl (C=O) groups excluding carboxylic acids is 3. The topological polar surface area (TPSA) is 117 Å². The first-order chi connectivity index (χ1) is 13.4. The van der Waals surface area contributed by atoms with Gasteiger partial charge in [-0.25, -0.2) is 9.18 Å². The molecule has 2 amide bonds. The quantitative estimate of drug-likeness (QED) is 0.560. The van der Waals surface area contributed by atoms with Crippen LogP contribution in [0.1, 0.15) is 21.5 Å². The Balaban J connectivity index is 1.57. The number of hydrogen-bond acceptors (Lipinski definition) is 7. The second kappa shape index (κ2) is 8.63. The zero-order valence-corrected chi connectivity index (χ0v) is 15.2. The predicted molar refractivity (Wildman–Crippen MR) is 98.1 cm³/mol. The summed E-state index contributed by atoms with van der Waals surface area (Å²) in [5.74, 6) is -2.19. The number of nitrogens with one attached hydrogen (secondary N) is 1. The van der Waals surface area contributed by atoms with E-state index in [0.29, 0.717) is 16.9 Å². The number of rotatable bonds is 6. The molecule has 10 heteroatoms. The summed E-state index contributed by atoms with van der Waals surface area (Å²) >= 11 is 1.12. The van der Waals surface area contributed by atoms with Crippen molar-refractivity contribution in [2.75, 3.05) is 18.7 Å². The fraction of sp³-hybridized carbons (Fsp3) is 0.167. The van der Waals surface area contributed by atoms with Crippen molar-refractivity contribution < 1.29 is 33.0 Å². The molecule has 0 atom stereocenters. The number of nitrogens with two attached hydrogens (primary N) is 1. The van der Waals surface area contributed by atoms with Gasteiger partial charge in [-0.15, -0.1) is 11.3 Å². The van der Waals surface area contributed by atoms with Crippen molar-refractivity contribution >= 4 is 40.2 Å². The summed E-state index contributed by atoms with van der Waals surface area (Å²) in [6, 6.07) is 3.98. The summed E-state index contributed by atoms with van der Waals surface area (Å²) in [7, 11) is 0. The van der Waals surface area contributed by atoms with Gasteiger partial charge in [0.2, 0.25) is 0 Å². The highest BCUT2D eigenvalue weighted by Crippen LogP contribution is 2.30. The van der Waals surface area contributed by atoms with E-state index in [9.17, 15) is 18.8 Å². The lowest BCUT2D eigenvalue weighted by Crippen LogP contribution is -2.21. The summed E-state index contributed by atoms with van der Waals surface area (Å²) < 4.78 is 28.9. The Kier molecular flexibility index (Phi) is 6.02. The molecule has 0 saturated heterocycles. The molecular weight excluding hydrogens is 391 g/mol. The predicted octanol–water partition coefficient (Wildman–Crippen LogP) is 2.05. The molecule has 1 aromatic heterocycles. The van der Waals surface area contributed by atoms with Crippen molar-refractivity contribution in [3.05, 3.63) is 52.2 Å². The van der Waals surface area contributed by atoms with Crippen LogP contribution in [0.25, 0.3) is 6.08 Å². The van der Waals surface area contributed by atoms with Crippen molar-refractivity contribution in [3.8, 4) is 5.75 Å². The second-order valence-corrected chi connectivity index (χ2v) is 6.53. The average Bonchev–Trinajstić information content (AvgIpc) is 3.12. The van der Waals surface area contributed by atoms with Crippen LogP contribution >= 0.6 is 11.3 Å². The molecule has 0 radical (unpaired) electrons. The van der Waals surface area contributed by atoms with Gasteiger partial charge in [-0.05, 0) is 29.7 Å². The van der Waals surface area contributed by atoms with Crippen molar-refractivity contribution in [1.29, 1.82) is 0 Å². The van der Waals surface area contributed by atoms with Gasteiger partial charge in [0.05, 0.1) is 12.2 Å². The van der Waals surface area contributed by atoms with E-state index in [1.807, 2.05) is 0 Å². The van der Waals surface area contributed by atoms with Crippen molar-refractivity contribution in [2.24, 2.45) is 5.73 Å². The molecule has 1 aliphatic rings. The van der Waals surface area contributed by atoms with Crippen LogP contribution in [0.5, 0.6) is 5.75 Å². The van der Waals surface area contributed by atoms with Gasteiger partial charge in [0.25, 0.3) is 11.8 Å². The number of anilines is 1. The van der Waals surface area contributed by atoms with Gasteiger partial charge in [-0.1, -0.05) is 0 Å². The molecule has 146 valence electrons. The Hall–Kier alpha value is -3.24. The molecule has 8 nitrogen and oxygen atoms in total. The maximum Gasteiger partial charge on any atom is 0.331 e. The van der Waals surface area contributed by atoms with E-state index < -0.39 is 30.2 Å². The van der Waals surface area contributed by atoms with Gasteiger partial charge in [-0.2, -0.15) is 0 Å².